The Labute approximate surface area is 366 Å². The summed E-state index contributed by atoms with van der Waals surface area (Å²) in [6.07, 6.45) is 0. The third-order valence-corrected chi connectivity index (χ3v) is 12.4. The highest BCUT2D eigenvalue weighted by molar-refractivity contribution is 6.11. The quantitative estimate of drug-likeness (QED) is 0.153. The maximum absolute atomic E-state index is 6.46. The second-order valence-corrected chi connectivity index (χ2v) is 16.1. The highest BCUT2D eigenvalue weighted by Crippen LogP contribution is 2.43. The molecule has 0 unspecified atom stereocenters. The first-order valence-corrected chi connectivity index (χ1v) is 21.5. The van der Waals surface area contributed by atoms with Gasteiger partial charge in [-0.15, -0.1) is 0 Å². The number of hydrogen-bond acceptors (Lipinski definition) is 2. The van der Waals surface area contributed by atoms with Crippen LogP contribution in [0.2, 0.25) is 0 Å². The van der Waals surface area contributed by atoms with Crippen LogP contribution in [-0.4, -0.2) is 4.57 Å². The van der Waals surface area contributed by atoms with E-state index in [-0.39, 0.29) is 0 Å². The van der Waals surface area contributed by atoms with Gasteiger partial charge in [0.2, 0.25) is 0 Å². The summed E-state index contributed by atoms with van der Waals surface area (Å²) in [5.74, 6) is 0. The van der Waals surface area contributed by atoms with Crippen LogP contribution < -0.4 is 4.90 Å². The molecule has 0 amide bonds. The molecular formula is C60H40N2O. The predicted octanol–water partition coefficient (Wildman–Crippen LogP) is 16.8. The topological polar surface area (TPSA) is 21.3 Å². The first kappa shape index (κ1) is 36.5. The fraction of sp³-hybridized carbons (Fsp3) is 0. The number of fused-ring (bicyclic) bond motifs is 6. The van der Waals surface area contributed by atoms with Crippen LogP contribution in [0.1, 0.15) is 0 Å². The molecule has 0 spiro atoms. The van der Waals surface area contributed by atoms with E-state index in [9.17, 15) is 0 Å². The third-order valence-electron chi connectivity index (χ3n) is 12.4. The summed E-state index contributed by atoms with van der Waals surface area (Å²) in [5.41, 5.74) is 17.8. The summed E-state index contributed by atoms with van der Waals surface area (Å²) in [7, 11) is 0. The van der Waals surface area contributed by atoms with Crippen LogP contribution in [0.15, 0.2) is 247 Å². The third kappa shape index (κ3) is 6.29. The van der Waals surface area contributed by atoms with Gasteiger partial charge in [-0.3, -0.25) is 0 Å². The number of anilines is 3. The zero-order valence-electron chi connectivity index (χ0n) is 34.4. The van der Waals surface area contributed by atoms with E-state index in [1.807, 2.05) is 12.1 Å². The molecule has 0 aliphatic carbocycles. The number of rotatable bonds is 8. The van der Waals surface area contributed by atoms with Gasteiger partial charge in [0.15, 0.2) is 0 Å². The van der Waals surface area contributed by atoms with Crippen LogP contribution in [0.5, 0.6) is 0 Å². The summed E-state index contributed by atoms with van der Waals surface area (Å²) in [6, 6.07) is 87.0. The van der Waals surface area contributed by atoms with Crippen molar-refractivity contribution < 1.29 is 4.42 Å². The Balaban J connectivity index is 0.980. The number of benzene rings is 10. The Morgan fingerprint density at radius 2 is 0.778 bits per heavy atom. The maximum Gasteiger partial charge on any atom is 0.143 e. The summed E-state index contributed by atoms with van der Waals surface area (Å²) in [5, 5.41) is 4.76. The van der Waals surface area contributed by atoms with Crippen LogP contribution in [0.3, 0.4) is 0 Å². The molecule has 0 saturated carbocycles. The Morgan fingerprint density at radius 3 is 1.48 bits per heavy atom. The molecule has 0 N–H and O–H groups in total. The average Bonchev–Trinajstić information content (AvgIpc) is 3.91. The van der Waals surface area contributed by atoms with Crippen LogP contribution in [0.25, 0.3) is 93.9 Å². The van der Waals surface area contributed by atoms with Crippen molar-refractivity contribution in [3.05, 3.63) is 243 Å². The summed E-state index contributed by atoms with van der Waals surface area (Å²) in [4.78, 5) is 2.36. The smallest absolute Gasteiger partial charge is 0.143 e. The predicted molar refractivity (Wildman–Crippen MR) is 264 cm³/mol. The van der Waals surface area contributed by atoms with E-state index in [1.54, 1.807) is 0 Å². The molecule has 0 aliphatic heterocycles. The van der Waals surface area contributed by atoms with Gasteiger partial charge in [0.05, 0.1) is 16.7 Å². The number of para-hydroxylation sites is 5. The van der Waals surface area contributed by atoms with Gasteiger partial charge in [0, 0.05) is 49.7 Å². The van der Waals surface area contributed by atoms with Crippen LogP contribution in [-0.2, 0) is 0 Å². The van der Waals surface area contributed by atoms with Gasteiger partial charge in [-0.2, -0.15) is 0 Å². The number of nitrogens with zero attached hydrogens (tertiary/aromatic N) is 2. The fourth-order valence-electron chi connectivity index (χ4n) is 9.51. The number of hydrogen-bond donors (Lipinski definition) is 0. The van der Waals surface area contributed by atoms with E-state index in [2.05, 4.69) is 240 Å². The molecule has 3 heteroatoms. The molecule has 12 aromatic rings. The second kappa shape index (κ2) is 15.3. The van der Waals surface area contributed by atoms with Gasteiger partial charge in [-0.05, 0) is 94.0 Å². The van der Waals surface area contributed by atoms with Gasteiger partial charge in [-0.25, -0.2) is 0 Å². The SMILES string of the molecule is c1ccc(-c2ccccc2-c2cccc(N(c3ccc(-c4ccccc4-n4c5ccccc5c5ccccc54)cc3)c3ccc(-c4cccc5c4oc4ccccc45)cc3)c2)cc1. The minimum absolute atomic E-state index is 0.901. The molecule has 12 rings (SSSR count). The van der Waals surface area contributed by atoms with Crippen molar-refractivity contribution in [2.75, 3.05) is 4.90 Å². The molecule has 2 heterocycles. The normalized spacial score (nSPS) is 11.5. The number of furan rings is 1. The molecule has 0 atom stereocenters. The lowest BCUT2D eigenvalue weighted by Crippen LogP contribution is -2.10. The van der Waals surface area contributed by atoms with E-state index >= 15 is 0 Å². The standard InChI is InChI=1S/C60H40N2O/c1-2-16-41(17-3-1)48-20-4-5-21-49(48)44-18-14-19-47(40-44)61(46-38-34-43(35-39-46)51-26-15-27-55-54-25-9-13-31-59(54)63-60(51)55)45-36-32-42(33-37-45)50-22-6-10-28-56(50)62-57-29-11-7-23-52(57)53-24-8-12-30-58(53)62/h1-40H. The van der Waals surface area contributed by atoms with E-state index in [0.29, 0.717) is 0 Å². The lowest BCUT2D eigenvalue weighted by atomic mass is 9.94. The molecule has 2 aromatic heterocycles. The zero-order chi connectivity index (χ0) is 41.7. The minimum Gasteiger partial charge on any atom is -0.455 e. The monoisotopic (exact) mass is 804 g/mol. The summed E-state index contributed by atoms with van der Waals surface area (Å²) >= 11 is 0. The summed E-state index contributed by atoms with van der Waals surface area (Å²) < 4.78 is 8.87. The largest absolute Gasteiger partial charge is 0.455 e. The van der Waals surface area contributed by atoms with Gasteiger partial charge in [0.1, 0.15) is 11.2 Å². The molecule has 3 nitrogen and oxygen atoms in total. The molecule has 10 aromatic carbocycles. The van der Waals surface area contributed by atoms with E-state index in [0.717, 1.165) is 66.9 Å². The fourth-order valence-corrected chi connectivity index (χ4v) is 9.51. The van der Waals surface area contributed by atoms with Crippen LogP contribution in [0, 0.1) is 0 Å². The molecule has 0 aliphatic rings. The molecule has 0 bridgehead atoms. The Hall–Kier alpha value is -8.40. The minimum atomic E-state index is 0.901. The lowest BCUT2D eigenvalue weighted by molar-refractivity contribution is 0.670. The maximum atomic E-state index is 6.46. The Morgan fingerprint density at radius 1 is 0.302 bits per heavy atom. The average molecular weight is 805 g/mol. The van der Waals surface area contributed by atoms with E-state index in [4.69, 9.17) is 4.42 Å². The van der Waals surface area contributed by atoms with Gasteiger partial charge in [0.25, 0.3) is 0 Å². The first-order valence-electron chi connectivity index (χ1n) is 21.5. The second-order valence-electron chi connectivity index (χ2n) is 16.1. The highest BCUT2D eigenvalue weighted by atomic mass is 16.3. The van der Waals surface area contributed by atoms with Gasteiger partial charge in [-0.1, -0.05) is 182 Å². The van der Waals surface area contributed by atoms with Crippen molar-refractivity contribution in [2.45, 2.75) is 0 Å². The first-order chi connectivity index (χ1) is 31.3. The molecule has 296 valence electrons. The van der Waals surface area contributed by atoms with E-state index < -0.39 is 0 Å². The van der Waals surface area contributed by atoms with Crippen LogP contribution >= 0.6 is 0 Å². The molecule has 63 heavy (non-hydrogen) atoms. The van der Waals surface area contributed by atoms with Crippen molar-refractivity contribution in [2.24, 2.45) is 0 Å². The molecular weight excluding hydrogens is 765 g/mol. The van der Waals surface area contributed by atoms with Gasteiger partial charge >= 0.3 is 0 Å². The molecule has 0 radical (unpaired) electrons. The zero-order valence-corrected chi connectivity index (χ0v) is 34.4. The van der Waals surface area contributed by atoms with Crippen molar-refractivity contribution in [1.82, 2.24) is 4.57 Å². The lowest BCUT2D eigenvalue weighted by Gasteiger charge is -2.27. The van der Waals surface area contributed by atoms with Crippen molar-refractivity contribution in [1.29, 1.82) is 0 Å². The summed E-state index contributed by atoms with van der Waals surface area (Å²) in [6.45, 7) is 0. The van der Waals surface area contributed by atoms with Crippen LogP contribution in [0.4, 0.5) is 17.1 Å². The Kier molecular flexibility index (Phi) is 8.83. The number of aromatic nitrogens is 1. The van der Waals surface area contributed by atoms with Crippen molar-refractivity contribution in [3.8, 4) is 50.2 Å². The molecule has 0 saturated heterocycles. The van der Waals surface area contributed by atoms with Crippen molar-refractivity contribution >= 4 is 60.8 Å². The van der Waals surface area contributed by atoms with Crippen molar-refractivity contribution in [3.63, 3.8) is 0 Å². The molecule has 0 fully saturated rings. The van der Waals surface area contributed by atoms with Gasteiger partial charge < -0.3 is 13.9 Å². The van der Waals surface area contributed by atoms with E-state index in [1.165, 1.54) is 44.1 Å². The highest BCUT2D eigenvalue weighted by Gasteiger charge is 2.19. The Bertz CT molecular complexity index is 3560.